The summed E-state index contributed by atoms with van der Waals surface area (Å²) in [6.45, 7) is 1.36. The number of carboxylic acid groups (broad SMARTS) is 1. The maximum Gasteiger partial charge on any atom is 0.335 e. The van der Waals surface area contributed by atoms with E-state index in [1.54, 1.807) is 31.0 Å². The van der Waals surface area contributed by atoms with Crippen molar-refractivity contribution in [2.75, 3.05) is 31.8 Å². The number of carboxylic acids is 1. The SMILES string of the molecule is COCCSCCOc1ccc(C(=O)O)cc1. The monoisotopic (exact) mass is 256 g/mol. The largest absolute Gasteiger partial charge is 0.493 e. The molecular weight excluding hydrogens is 240 g/mol. The van der Waals surface area contributed by atoms with Crippen LogP contribution in [0.3, 0.4) is 0 Å². The maximum absolute atomic E-state index is 10.6. The van der Waals surface area contributed by atoms with Gasteiger partial charge in [-0.1, -0.05) is 0 Å². The molecule has 0 saturated carbocycles. The first-order valence-corrected chi connectivity index (χ1v) is 6.42. The van der Waals surface area contributed by atoms with Gasteiger partial charge in [0.05, 0.1) is 18.8 Å². The van der Waals surface area contributed by atoms with Gasteiger partial charge in [0.25, 0.3) is 0 Å². The van der Waals surface area contributed by atoms with Gasteiger partial charge >= 0.3 is 5.97 Å². The van der Waals surface area contributed by atoms with Crippen LogP contribution in [-0.4, -0.2) is 42.9 Å². The Bertz CT molecular complexity index is 337. The van der Waals surface area contributed by atoms with Crippen LogP contribution in [0.4, 0.5) is 0 Å². The third-order valence-electron chi connectivity index (χ3n) is 2.03. The summed E-state index contributed by atoms with van der Waals surface area (Å²) in [6.07, 6.45) is 0. The lowest BCUT2D eigenvalue weighted by molar-refractivity contribution is 0.0697. The number of aromatic carboxylic acids is 1. The molecule has 0 spiro atoms. The standard InChI is InChI=1S/C12H16O4S/c1-15-6-8-17-9-7-16-11-4-2-10(3-5-11)12(13)14/h2-5H,6-9H2,1H3,(H,13,14). The number of hydrogen-bond acceptors (Lipinski definition) is 4. The Labute approximate surface area is 105 Å². The second-order valence-electron chi connectivity index (χ2n) is 3.28. The van der Waals surface area contributed by atoms with Crippen molar-refractivity contribution in [3.8, 4) is 5.75 Å². The van der Waals surface area contributed by atoms with E-state index >= 15 is 0 Å². The van der Waals surface area contributed by atoms with E-state index in [4.69, 9.17) is 14.6 Å². The molecule has 94 valence electrons. The van der Waals surface area contributed by atoms with Crippen LogP contribution in [-0.2, 0) is 4.74 Å². The van der Waals surface area contributed by atoms with Gasteiger partial charge in [0.2, 0.25) is 0 Å². The van der Waals surface area contributed by atoms with Gasteiger partial charge in [0.1, 0.15) is 5.75 Å². The van der Waals surface area contributed by atoms with Gasteiger partial charge in [-0.3, -0.25) is 0 Å². The highest BCUT2D eigenvalue weighted by Crippen LogP contribution is 2.12. The van der Waals surface area contributed by atoms with E-state index < -0.39 is 5.97 Å². The Morgan fingerprint density at radius 2 is 1.88 bits per heavy atom. The van der Waals surface area contributed by atoms with Crippen LogP contribution in [0.15, 0.2) is 24.3 Å². The average Bonchev–Trinajstić information content (AvgIpc) is 2.34. The number of benzene rings is 1. The molecule has 0 amide bonds. The van der Waals surface area contributed by atoms with E-state index in [0.29, 0.717) is 12.4 Å². The van der Waals surface area contributed by atoms with Gasteiger partial charge in [0, 0.05) is 18.6 Å². The van der Waals surface area contributed by atoms with Crippen LogP contribution in [0.5, 0.6) is 5.75 Å². The Balaban J connectivity index is 2.21. The molecule has 0 aliphatic rings. The first kappa shape index (κ1) is 13.9. The summed E-state index contributed by atoms with van der Waals surface area (Å²) < 4.78 is 10.4. The van der Waals surface area contributed by atoms with Crippen LogP contribution in [0.1, 0.15) is 10.4 Å². The molecule has 1 aromatic rings. The summed E-state index contributed by atoms with van der Waals surface area (Å²) in [6, 6.07) is 6.41. The van der Waals surface area contributed by atoms with Gasteiger partial charge in [-0.05, 0) is 24.3 Å². The lowest BCUT2D eigenvalue weighted by Crippen LogP contribution is -2.03. The molecule has 1 aromatic carbocycles. The smallest absolute Gasteiger partial charge is 0.335 e. The Hall–Kier alpha value is -1.20. The van der Waals surface area contributed by atoms with Crippen molar-refractivity contribution in [2.24, 2.45) is 0 Å². The predicted octanol–water partition coefficient (Wildman–Crippen LogP) is 2.14. The second kappa shape index (κ2) is 7.97. The number of ether oxygens (including phenoxy) is 2. The molecule has 0 heterocycles. The lowest BCUT2D eigenvalue weighted by Gasteiger charge is -2.06. The first-order chi connectivity index (χ1) is 8.24. The quantitative estimate of drug-likeness (QED) is 0.722. The first-order valence-electron chi connectivity index (χ1n) is 5.27. The highest BCUT2D eigenvalue weighted by Gasteiger charge is 2.01. The topological polar surface area (TPSA) is 55.8 Å². The Morgan fingerprint density at radius 3 is 2.47 bits per heavy atom. The minimum absolute atomic E-state index is 0.270. The zero-order valence-corrected chi connectivity index (χ0v) is 10.5. The molecular formula is C12H16O4S. The van der Waals surface area contributed by atoms with Gasteiger partial charge in [-0.15, -0.1) is 0 Å². The fourth-order valence-corrected chi connectivity index (χ4v) is 1.85. The molecule has 0 radical (unpaired) electrons. The van der Waals surface area contributed by atoms with E-state index in [1.807, 2.05) is 0 Å². The molecule has 5 heteroatoms. The molecule has 0 unspecified atom stereocenters. The van der Waals surface area contributed by atoms with Crippen LogP contribution in [0.2, 0.25) is 0 Å². The van der Waals surface area contributed by atoms with E-state index in [9.17, 15) is 4.79 Å². The van der Waals surface area contributed by atoms with Crippen molar-refractivity contribution >= 4 is 17.7 Å². The minimum Gasteiger partial charge on any atom is -0.493 e. The third-order valence-corrected chi connectivity index (χ3v) is 2.94. The minimum atomic E-state index is -0.924. The summed E-state index contributed by atoms with van der Waals surface area (Å²) in [7, 11) is 1.68. The Morgan fingerprint density at radius 1 is 1.24 bits per heavy atom. The molecule has 1 N–H and O–H groups in total. The van der Waals surface area contributed by atoms with Crippen molar-refractivity contribution in [3.63, 3.8) is 0 Å². The summed E-state index contributed by atoms with van der Waals surface area (Å²) in [5, 5.41) is 8.72. The molecule has 0 bridgehead atoms. The van der Waals surface area contributed by atoms with Crippen molar-refractivity contribution in [1.29, 1.82) is 0 Å². The van der Waals surface area contributed by atoms with Crippen LogP contribution in [0, 0.1) is 0 Å². The molecule has 0 fully saturated rings. The highest BCUT2D eigenvalue weighted by atomic mass is 32.2. The summed E-state index contributed by atoms with van der Waals surface area (Å²) in [4.78, 5) is 10.6. The van der Waals surface area contributed by atoms with Crippen molar-refractivity contribution in [1.82, 2.24) is 0 Å². The van der Waals surface area contributed by atoms with E-state index in [2.05, 4.69) is 0 Å². The van der Waals surface area contributed by atoms with E-state index in [-0.39, 0.29) is 5.56 Å². The molecule has 4 nitrogen and oxygen atoms in total. The van der Waals surface area contributed by atoms with E-state index in [0.717, 1.165) is 18.1 Å². The number of methoxy groups -OCH3 is 1. The normalized spacial score (nSPS) is 10.2. The van der Waals surface area contributed by atoms with Gasteiger partial charge in [-0.25, -0.2) is 4.79 Å². The van der Waals surface area contributed by atoms with Crippen LogP contribution >= 0.6 is 11.8 Å². The van der Waals surface area contributed by atoms with Crippen molar-refractivity contribution < 1.29 is 19.4 Å². The molecule has 0 aliphatic heterocycles. The zero-order chi connectivity index (χ0) is 12.5. The predicted molar refractivity (Wildman–Crippen MR) is 68.1 cm³/mol. The van der Waals surface area contributed by atoms with Gasteiger partial charge in [0.15, 0.2) is 0 Å². The number of hydrogen-bond donors (Lipinski definition) is 1. The Kier molecular flexibility index (Phi) is 6.50. The lowest BCUT2D eigenvalue weighted by atomic mass is 10.2. The number of carbonyl (C=O) groups is 1. The second-order valence-corrected chi connectivity index (χ2v) is 4.51. The molecule has 17 heavy (non-hydrogen) atoms. The van der Waals surface area contributed by atoms with Crippen LogP contribution in [0.25, 0.3) is 0 Å². The molecule has 0 atom stereocenters. The molecule has 0 aliphatic carbocycles. The summed E-state index contributed by atoms with van der Waals surface area (Å²) in [5.74, 6) is 1.62. The molecule has 0 aromatic heterocycles. The zero-order valence-electron chi connectivity index (χ0n) is 9.72. The number of rotatable bonds is 8. The van der Waals surface area contributed by atoms with Crippen molar-refractivity contribution in [3.05, 3.63) is 29.8 Å². The number of thioether (sulfide) groups is 1. The summed E-state index contributed by atoms with van der Waals surface area (Å²) >= 11 is 1.76. The van der Waals surface area contributed by atoms with E-state index in [1.165, 1.54) is 12.1 Å². The van der Waals surface area contributed by atoms with Gasteiger partial charge < -0.3 is 14.6 Å². The molecule has 1 rings (SSSR count). The third kappa shape index (κ3) is 5.60. The molecule has 0 saturated heterocycles. The van der Waals surface area contributed by atoms with Gasteiger partial charge in [-0.2, -0.15) is 11.8 Å². The fourth-order valence-electron chi connectivity index (χ4n) is 1.16. The fraction of sp³-hybridized carbons (Fsp3) is 0.417. The summed E-state index contributed by atoms with van der Waals surface area (Å²) in [5.41, 5.74) is 0.270. The van der Waals surface area contributed by atoms with Crippen LogP contribution < -0.4 is 4.74 Å². The van der Waals surface area contributed by atoms with Crippen molar-refractivity contribution in [2.45, 2.75) is 0 Å². The highest BCUT2D eigenvalue weighted by molar-refractivity contribution is 7.99. The average molecular weight is 256 g/mol. The maximum atomic E-state index is 10.6.